The molecule has 4 aromatic carbocycles. The van der Waals surface area contributed by atoms with Gasteiger partial charge in [0, 0.05) is 12.0 Å². The Labute approximate surface area is 305 Å². The number of phenolic OH excluding ortho intramolecular Hbond substituents is 1. The minimum Gasteiger partial charge on any atom is -0.507 e. The molecule has 0 unspecified atom stereocenters. The minimum absolute atomic E-state index is 0.0508. The molecule has 0 spiro atoms. The van der Waals surface area contributed by atoms with Crippen LogP contribution in [0.4, 0.5) is 11.4 Å². The zero-order valence-corrected chi connectivity index (χ0v) is 29.2. The first kappa shape index (κ1) is 33.9. The Balaban J connectivity index is 1.31. The molecule has 0 bridgehead atoms. The molecule has 268 valence electrons. The lowest BCUT2D eigenvalue weighted by molar-refractivity contribution is -0.138. The first-order valence-electron chi connectivity index (χ1n) is 17.6. The summed E-state index contributed by atoms with van der Waals surface area (Å²) in [4.78, 5) is 71.3. The second-order valence-corrected chi connectivity index (χ2v) is 14.6. The van der Waals surface area contributed by atoms with Gasteiger partial charge in [-0.2, -0.15) is 5.01 Å². The topological polar surface area (TPSA) is 165 Å². The summed E-state index contributed by atoms with van der Waals surface area (Å²) in [6, 6.07) is 23.8. The maximum Gasteiger partial charge on any atom is 0.339 e. The van der Waals surface area contributed by atoms with Gasteiger partial charge in [0.05, 0.1) is 34.5 Å². The van der Waals surface area contributed by atoms with Crippen LogP contribution in [0.25, 0.3) is 0 Å². The molecule has 2 heterocycles. The monoisotopic (exact) mass is 711 g/mol. The highest BCUT2D eigenvalue weighted by molar-refractivity contribution is 6.23. The van der Waals surface area contributed by atoms with Crippen molar-refractivity contribution >= 4 is 41.0 Å². The van der Waals surface area contributed by atoms with Gasteiger partial charge in [0.25, 0.3) is 11.8 Å². The zero-order valence-electron chi connectivity index (χ0n) is 29.2. The number of aryl methyl sites for hydroxylation is 3. The number of benzene rings is 4. The summed E-state index contributed by atoms with van der Waals surface area (Å²) in [6.45, 7) is 5.49. The van der Waals surface area contributed by atoms with E-state index in [1.54, 1.807) is 26.0 Å². The normalized spacial score (nSPS) is 26.2. The lowest BCUT2D eigenvalue weighted by atomic mass is 9.49. The van der Waals surface area contributed by atoms with Crippen LogP contribution in [0.15, 0.2) is 96.6 Å². The molecular weight excluding hydrogens is 674 g/mol. The summed E-state index contributed by atoms with van der Waals surface area (Å²) in [5.41, 5.74) is 6.15. The summed E-state index contributed by atoms with van der Waals surface area (Å²) in [7, 11) is 0. The number of hydrazine groups is 1. The third-order valence-corrected chi connectivity index (χ3v) is 11.7. The number of rotatable bonds is 6. The number of phenols is 2. The average Bonchev–Trinajstić information content (AvgIpc) is 3.52. The summed E-state index contributed by atoms with van der Waals surface area (Å²) in [6.07, 6.45) is 2.23. The summed E-state index contributed by atoms with van der Waals surface area (Å²) < 4.78 is 0. The second-order valence-electron chi connectivity index (χ2n) is 14.6. The van der Waals surface area contributed by atoms with E-state index >= 15 is 4.79 Å². The number of imide groups is 2. The van der Waals surface area contributed by atoms with Crippen molar-refractivity contribution in [3.05, 3.63) is 130 Å². The minimum atomic E-state index is -1.45. The highest BCUT2D eigenvalue weighted by atomic mass is 16.4. The van der Waals surface area contributed by atoms with Gasteiger partial charge in [-0.15, -0.1) is 0 Å². The van der Waals surface area contributed by atoms with E-state index in [1.807, 2.05) is 67.6 Å². The highest BCUT2D eigenvalue weighted by Crippen LogP contribution is 2.64. The van der Waals surface area contributed by atoms with Crippen LogP contribution in [0.2, 0.25) is 0 Å². The van der Waals surface area contributed by atoms with Crippen LogP contribution in [0.5, 0.6) is 11.5 Å². The van der Waals surface area contributed by atoms with Gasteiger partial charge >= 0.3 is 5.97 Å². The Kier molecular flexibility index (Phi) is 7.79. The number of fused-ring (bicyclic) bond motifs is 4. The molecule has 4 N–H and O–H groups in total. The van der Waals surface area contributed by atoms with Crippen LogP contribution in [0.1, 0.15) is 56.9 Å². The molecule has 11 heteroatoms. The van der Waals surface area contributed by atoms with Crippen LogP contribution >= 0.6 is 0 Å². The lowest BCUT2D eigenvalue weighted by Gasteiger charge is -2.50. The van der Waals surface area contributed by atoms with Crippen molar-refractivity contribution in [1.82, 2.24) is 5.01 Å². The molecule has 0 aromatic heterocycles. The van der Waals surface area contributed by atoms with Crippen LogP contribution < -0.4 is 10.3 Å². The fourth-order valence-electron chi connectivity index (χ4n) is 9.37. The molecule has 2 aliphatic heterocycles. The molecule has 4 aliphatic rings. The number of carbonyl (C=O) groups excluding carboxylic acids is 4. The molecule has 2 aliphatic carbocycles. The Morgan fingerprint density at radius 2 is 1.49 bits per heavy atom. The zero-order chi connectivity index (χ0) is 37.5. The maximum absolute atomic E-state index is 15.3. The summed E-state index contributed by atoms with van der Waals surface area (Å²) >= 11 is 0. The number of carboxylic acid groups (broad SMARTS) is 1. The van der Waals surface area contributed by atoms with Crippen LogP contribution in [-0.4, -0.2) is 49.9 Å². The SMILES string of the molecule is Cc1ccc(NN2C(=O)[C@@H]3C[C@@H]4C(=CC[C@@H]5C(=O)N(c6ccc(C(=O)O)c(O)c6)C(=O)[C@@H]54)[C@H](c4cc(C)c(O)c(C)c4)[C@]3(c3ccccc3)C2=O)cc1. The van der Waals surface area contributed by atoms with Gasteiger partial charge in [0.2, 0.25) is 11.8 Å². The van der Waals surface area contributed by atoms with Gasteiger partial charge in [0.15, 0.2) is 0 Å². The van der Waals surface area contributed by atoms with E-state index < -0.39 is 70.4 Å². The van der Waals surface area contributed by atoms with Crippen molar-refractivity contribution < 1.29 is 39.3 Å². The largest absolute Gasteiger partial charge is 0.507 e. The van der Waals surface area contributed by atoms with E-state index in [0.717, 1.165) is 33.2 Å². The number of allylic oxidation sites excluding steroid dienone is 2. The Morgan fingerprint density at radius 1 is 0.811 bits per heavy atom. The van der Waals surface area contributed by atoms with E-state index in [9.17, 15) is 34.5 Å². The fourth-order valence-corrected chi connectivity index (χ4v) is 9.37. The maximum atomic E-state index is 15.3. The molecule has 8 rings (SSSR count). The third kappa shape index (κ3) is 4.90. The third-order valence-electron chi connectivity index (χ3n) is 11.7. The standard InChI is InChI=1S/C42H37N3O8/c1-21-9-11-26(12-10-21)43-45-38(49)32-20-31-28(15-16-30-34(31)39(50)44(37(30)48)27-13-14-29(40(51)52)33(46)19-27)35(24-17-22(2)36(47)23(3)18-24)42(32,41(45)53)25-7-5-4-6-8-25/h4-15,17-19,30-32,34-35,43,46-47H,16,20H2,1-3H3,(H,51,52)/t30-,31+,32-,34-,35-,42+/m0/s1. The first-order valence-corrected chi connectivity index (χ1v) is 17.6. The van der Waals surface area contributed by atoms with E-state index in [1.165, 1.54) is 6.07 Å². The number of aromatic carboxylic acids is 1. The van der Waals surface area contributed by atoms with Gasteiger partial charge in [-0.25, -0.2) is 9.69 Å². The predicted molar refractivity (Wildman–Crippen MR) is 194 cm³/mol. The fraction of sp³-hybridized carbons (Fsp3) is 0.262. The molecule has 53 heavy (non-hydrogen) atoms. The van der Waals surface area contributed by atoms with Crippen molar-refractivity contribution in [1.29, 1.82) is 0 Å². The van der Waals surface area contributed by atoms with E-state index in [2.05, 4.69) is 5.43 Å². The molecule has 1 saturated carbocycles. The molecular formula is C42H37N3O8. The number of nitrogens with zero attached hydrogens (tertiary/aromatic N) is 2. The Morgan fingerprint density at radius 3 is 2.13 bits per heavy atom. The van der Waals surface area contributed by atoms with Crippen molar-refractivity contribution in [2.24, 2.45) is 23.7 Å². The number of hydrogen-bond acceptors (Lipinski definition) is 8. The molecule has 2 saturated heterocycles. The van der Waals surface area contributed by atoms with Crippen LogP contribution in [0, 0.1) is 44.4 Å². The van der Waals surface area contributed by atoms with E-state index in [-0.39, 0.29) is 29.8 Å². The number of amides is 4. The molecule has 11 nitrogen and oxygen atoms in total. The number of anilines is 2. The Bertz CT molecular complexity index is 2260. The van der Waals surface area contributed by atoms with Gasteiger partial charge in [-0.1, -0.05) is 71.8 Å². The van der Waals surface area contributed by atoms with Gasteiger partial charge in [0.1, 0.15) is 17.1 Å². The highest BCUT2D eigenvalue weighted by Gasteiger charge is 2.70. The number of carbonyl (C=O) groups is 5. The quantitative estimate of drug-likeness (QED) is 0.141. The molecule has 3 fully saturated rings. The summed E-state index contributed by atoms with van der Waals surface area (Å²) in [5, 5.41) is 31.9. The van der Waals surface area contributed by atoms with Gasteiger partial charge < -0.3 is 15.3 Å². The van der Waals surface area contributed by atoms with E-state index in [0.29, 0.717) is 27.9 Å². The van der Waals surface area contributed by atoms with Crippen LogP contribution in [-0.2, 0) is 24.6 Å². The van der Waals surface area contributed by atoms with Crippen molar-refractivity contribution in [2.75, 3.05) is 10.3 Å². The lowest BCUT2D eigenvalue weighted by Crippen LogP contribution is -2.53. The van der Waals surface area contributed by atoms with Crippen molar-refractivity contribution in [3.8, 4) is 11.5 Å². The van der Waals surface area contributed by atoms with Crippen molar-refractivity contribution in [2.45, 2.75) is 44.9 Å². The molecule has 6 atom stereocenters. The number of aromatic hydroxyl groups is 2. The number of carboxylic acids is 1. The van der Waals surface area contributed by atoms with Gasteiger partial charge in [-0.05, 0) is 86.1 Å². The predicted octanol–water partition coefficient (Wildman–Crippen LogP) is 5.91. The average molecular weight is 712 g/mol. The second kappa shape index (κ2) is 12.2. The smallest absolute Gasteiger partial charge is 0.339 e. The van der Waals surface area contributed by atoms with Crippen LogP contribution in [0.3, 0.4) is 0 Å². The summed E-state index contributed by atoms with van der Waals surface area (Å²) in [5.74, 6) is -7.73. The molecule has 4 amide bonds. The Hall–Kier alpha value is -6.23. The molecule has 4 aromatic rings. The molecule has 0 radical (unpaired) electrons. The number of hydrogen-bond donors (Lipinski definition) is 4. The first-order chi connectivity index (χ1) is 25.3. The van der Waals surface area contributed by atoms with Gasteiger partial charge in [-0.3, -0.25) is 24.6 Å². The number of nitrogens with one attached hydrogen (secondary N) is 1. The van der Waals surface area contributed by atoms with Crippen molar-refractivity contribution in [3.63, 3.8) is 0 Å². The van der Waals surface area contributed by atoms with E-state index in [4.69, 9.17) is 0 Å².